The number of rotatable bonds is 1. The fourth-order valence-corrected chi connectivity index (χ4v) is 1.48. The highest BCUT2D eigenvalue weighted by atomic mass is 35.5. The van der Waals surface area contributed by atoms with Crippen molar-refractivity contribution in [3.05, 3.63) is 33.5 Å². The molecular weight excluding hydrogens is 208 g/mol. The van der Waals surface area contributed by atoms with Crippen LogP contribution in [0, 0.1) is 10.1 Å². The summed E-state index contributed by atoms with van der Waals surface area (Å²) in [6.07, 6.45) is 1.57. The lowest BCUT2D eigenvalue weighted by Gasteiger charge is -1.94. The molecule has 0 saturated heterocycles. The van der Waals surface area contributed by atoms with E-state index in [-0.39, 0.29) is 22.3 Å². The summed E-state index contributed by atoms with van der Waals surface area (Å²) in [6.45, 7) is 0. The van der Waals surface area contributed by atoms with E-state index in [4.69, 9.17) is 17.3 Å². The molecule has 2 N–H and O–H groups in total. The van der Waals surface area contributed by atoms with Crippen molar-refractivity contribution in [2.24, 2.45) is 0 Å². The van der Waals surface area contributed by atoms with Crippen LogP contribution in [0.25, 0.3) is 5.52 Å². The monoisotopic (exact) mass is 212 g/mol. The molecule has 0 fully saturated rings. The molecule has 0 atom stereocenters. The maximum absolute atomic E-state index is 10.6. The number of halogens is 1. The number of nitro groups is 1. The third kappa shape index (κ3) is 1.08. The van der Waals surface area contributed by atoms with Gasteiger partial charge in [-0.15, -0.1) is 0 Å². The summed E-state index contributed by atoms with van der Waals surface area (Å²) in [4.78, 5) is 13.6. The van der Waals surface area contributed by atoms with E-state index in [1.54, 1.807) is 18.3 Å². The molecule has 72 valence electrons. The average Bonchev–Trinajstić information content (AvgIpc) is 2.46. The standard InChI is InChI=1S/C7H5ClN4O2/c8-4-2-1-3-11-5(4)6(12(13)14)10-7(11)9/h1-3H,(H2,9,10). The molecule has 6 nitrogen and oxygen atoms in total. The number of pyridine rings is 1. The largest absolute Gasteiger partial charge is 0.393 e. The second kappa shape index (κ2) is 2.85. The van der Waals surface area contributed by atoms with Gasteiger partial charge in [-0.3, -0.25) is 4.40 Å². The molecule has 2 aromatic heterocycles. The Labute approximate surface area is 83.1 Å². The molecule has 0 saturated carbocycles. The fourth-order valence-electron chi connectivity index (χ4n) is 1.23. The van der Waals surface area contributed by atoms with Gasteiger partial charge in [0.05, 0.1) is 5.02 Å². The Kier molecular flexibility index (Phi) is 1.78. The van der Waals surface area contributed by atoms with Crippen molar-refractivity contribution >= 4 is 28.9 Å². The van der Waals surface area contributed by atoms with Crippen molar-refractivity contribution in [2.45, 2.75) is 0 Å². The minimum absolute atomic E-state index is 0.0502. The first-order chi connectivity index (χ1) is 6.61. The van der Waals surface area contributed by atoms with Gasteiger partial charge in [0.25, 0.3) is 0 Å². The van der Waals surface area contributed by atoms with Crippen molar-refractivity contribution in [1.82, 2.24) is 9.38 Å². The van der Waals surface area contributed by atoms with Crippen LogP contribution in [0.5, 0.6) is 0 Å². The Balaban J connectivity index is 2.93. The van der Waals surface area contributed by atoms with Gasteiger partial charge < -0.3 is 15.8 Å². The van der Waals surface area contributed by atoms with Gasteiger partial charge in [-0.1, -0.05) is 11.6 Å². The zero-order chi connectivity index (χ0) is 10.3. The van der Waals surface area contributed by atoms with E-state index >= 15 is 0 Å². The number of aromatic nitrogens is 2. The lowest BCUT2D eigenvalue weighted by molar-refractivity contribution is -0.387. The number of nitrogens with two attached hydrogens (primary N) is 1. The fraction of sp³-hybridized carbons (Fsp3) is 0. The Hall–Kier alpha value is -1.82. The molecule has 0 spiro atoms. The molecule has 2 aromatic rings. The molecule has 0 aliphatic carbocycles. The third-order valence-corrected chi connectivity index (χ3v) is 2.10. The van der Waals surface area contributed by atoms with Gasteiger partial charge in [0, 0.05) is 11.2 Å². The molecular formula is C7H5ClN4O2. The minimum atomic E-state index is -0.614. The van der Waals surface area contributed by atoms with E-state index in [0.717, 1.165) is 0 Å². The van der Waals surface area contributed by atoms with Crippen molar-refractivity contribution in [3.63, 3.8) is 0 Å². The highest BCUT2D eigenvalue weighted by Crippen LogP contribution is 2.27. The number of hydrogen-bond acceptors (Lipinski definition) is 4. The van der Waals surface area contributed by atoms with Crippen LogP contribution >= 0.6 is 11.6 Å². The maximum atomic E-state index is 10.6. The molecule has 7 heteroatoms. The van der Waals surface area contributed by atoms with Gasteiger partial charge in [-0.25, -0.2) is 0 Å². The van der Waals surface area contributed by atoms with Gasteiger partial charge in [0.2, 0.25) is 0 Å². The van der Waals surface area contributed by atoms with Crippen LogP contribution in [0.15, 0.2) is 18.3 Å². The molecule has 0 bridgehead atoms. The zero-order valence-electron chi connectivity index (χ0n) is 6.85. The van der Waals surface area contributed by atoms with Crippen molar-refractivity contribution in [1.29, 1.82) is 0 Å². The smallest absolute Gasteiger partial charge is 0.358 e. The van der Waals surface area contributed by atoms with Gasteiger partial charge in [0.15, 0.2) is 5.52 Å². The van der Waals surface area contributed by atoms with Crippen LogP contribution < -0.4 is 5.73 Å². The van der Waals surface area contributed by atoms with E-state index in [1.807, 2.05) is 0 Å². The average molecular weight is 213 g/mol. The predicted octanol–water partition coefficient (Wildman–Crippen LogP) is 1.48. The van der Waals surface area contributed by atoms with Crippen LogP contribution in [-0.2, 0) is 0 Å². The summed E-state index contributed by atoms with van der Waals surface area (Å²) >= 11 is 5.80. The summed E-state index contributed by atoms with van der Waals surface area (Å²) in [7, 11) is 0. The molecule has 0 radical (unpaired) electrons. The van der Waals surface area contributed by atoms with E-state index in [2.05, 4.69) is 4.98 Å². The minimum Gasteiger partial charge on any atom is -0.358 e. The predicted molar refractivity (Wildman–Crippen MR) is 51.3 cm³/mol. The van der Waals surface area contributed by atoms with Gasteiger partial charge in [-0.05, 0) is 17.1 Å². The Morgan fingerprint density at radius 1 is 1.64 bits per heavy atom. The highest BCUT2D eigenvalue weighted by Gasteiger charge is 2.22. The molecule has 0 aliphatic heterocycles. The molecule has 0 amide bonds. The number of nitrogens with zero attached hydrogens (tertiary/aromatic N) is 3. The lowest BCUT2D eigenvalue weighted by Crippen LogP contribution is -1.92. The highest BCUT2D eigenvalue weighted by molar-refractivity contribution is 6.34. The van der Waals surface area contributed by atoms with Crippen LogP contribution in [-0.4, -0.2) is 14.3 Å². The zero-order valence-corrected chi connectivity index (χ0v) is 7.60. The molecule has 0 unspecified atom stereocenters. The van der Waals surface area contributed by atoms with Crippen LogP contribution in [0.1, 0.15) is 0 Å². The van der Waals surface area contributed by atoms with Gasteiger partial charge >= 0.3 is 11.8 Å². The van der Waals surface area contributed by atoms with E-state index in [9.17, 15) is 10.1 Å². The van der Waals surface area contributed by atoms with Crippen molar-refractivity contribution in [3.8, 4) is 0 Å². The van der Waals surface area contributed by atoms with Crippen molar-refractivity contribution < 1.29 is 4.92 Å². The van der Waals surface area contributed by atoms with E-state index in [1.165, 1.54) is 4.40 Å². The first-order valence-electron chi connectivity index (χ1n) is 3.67. The summed E-state index contributed by atoms with van der Waals surface area (Å²) in [5, 5.41) is 10.8. The Bertz CT molecular complexity index is 522. The van der Waals surface area contributed by atoms with Crippen LogP contribution in [0.3, 0.4) is 0 Å². The summed E-state index contributed by atoms with van der Waals surface area (Å²) in [5.74, 6) is -0.276. The molecule has 2 rings (SSSR count). The second-order valence-electron chi connectivity index (χ2n) is 2.63. The van der Waals surface area contributed by atoms with Crippen LogP contribution in [0.2, 0.25) is 5.02 Å². The molecule has 14 heavy (non-hydrogen) atoms. The second-order valence-corrected chi connectivity index (χ2v) is 3.03. The number of hydrogen-bond donors (Lipinski definition) is 1. The Morgan fingerprint density at radius 3 is 3.00 bits per heavy atom. The van der Waals surface area contributed by atoms with E-state index < -0.39 is 4.92 Å². The van der Waals surface area contributed by atoms with Crippen molar-refractivity contribution in [2.75, 3.05) is 5.73 Å². The number of nitrogen functional groups attached to an aromatic ring is 1. The Morgan fingerprint density at radius 2 is 2.36 bits per heavy atom. The van der Waals surface area contributed by atoms with E-state index in [0.29, 0.717) is 0 Å². The SMILES string of the molecule is Nc1nc([N+](=O)[O-])c2c(Cl)cccn12. The van der Waals surface area contributed by atoms with Gasteiger partial charge in [-0.2, -0.15) is 0 Å². The summed E-state index contributed by atoms with van der Waals surface area (Å²) in [6, 6.07) is 3.18. The topological polar surface area (TPSA) is 86.5 Å². The maximum Gasteiger partial charge on any atom is 0.393 e. The molecule has 0 aliphatic rings. The first-order valence-corrected chi connectivity index (χ1v) is 4.05. The van der Waals surface area contributed by atoms with Gasteiger partial charge in [0.1, 0.15) is 0 Å². The quantitative estimate of drug-likeness (QED) is 0.573. The lowest BCUT2D eigenvalue weighted by atomic mass is 10.4. The summed E-state index contributed by atoms with van der Waals surface area (Å²) < 4.78 is 1.38. The number of anilines is 1. The first kappa shape index (κ1) is 8.76. The van der Waals surface area contributed by atoms with Crippen LogP contribution in [0.4, 0.5) is 11.8 Å². The third-order valence-electron chi connectivity index (χ3n) is 1.80. The number of fused-ring (bicyclic) bond motifs is 1. The summed E-state index contributed by atoms with van der Waals surface area (Å²) in [5.41, 5.74) is 5.69. The number of imidazole rings is 1. The molecule has 0 aromatic carbocycles. The normalized spacial score (nSPS) is 10.6. The molecule has 2 heterocycles.